The maximum absolute atomic E-state index is 12.5. The van der Waals surface area contributed by atoms with Crippen LogP contribution in [0.2, 0.25) is 0 Å². The topological polar surface area (TPSA) is 72.6 Å². The number of aromatic nitrogens is 1. The largest absolute Gasteiger partial charge is 0.466 e. The molecule has 1 aliphatic heterocycles. The number of esters is 1. The Hall–Kier alpha value is -1.85. The van der Waals surface area contributed by atoms with E-state index in [4.69, 9.17) is 9.26 Å². The minimum absolute atomic E-state index is 0.116. The lowest BCUT2D eigenvalue weighted by Gasteiger charge is -2.31. The highest BCUT2D eigenvalue weighted by molar-refractivity contribution is 5.96. The first-order chi connectivity index (χ1) is 9.54. The van der Waals surface area contributed by atoms with Gasteiger partial charge in [0.1, 0.15) is 11.3 Å². The molecule has 1 aromatic rings. The van der Waals surface area contributed by atoms with Crippen molar-refractivity contribution in [1.82, 2.24) is 10.1 Å². The van der Waals surface area contributed by atoms with Gasteiger partial charge in [-0.1, -0.05) is 5.16 Å². The average Bonchev–Trinajstić information content (AvgIpc) is 2.78. The summed E-state index contributed by atoms with van der Waals surface area (Å²) >= 11 is 0. The molecule has 1 amide bonds. The van der Waals surface area contributed by atoms with Gasteiger partial charge in [-0.3, -0.25) is 9.59 Å². The van der Waals surface area contributed by atoms with Crippen molar-refractivity contribution in [3.8, 4) is 0 Å². The van der Waals surface area contributed by atoms with E-state index in [1.165, 1.54) is 0 Å². The van der Waals surface area contributed by atoms with Crippen molar-refractivity contribution >= 4 is 11.9 Å². The molecule has 6 nitrogen and oxygen atoms in total. The molecule has 1 aliphatic rings. The van der Waals surface area contributed by atoms with Gasteiger partial charge < -0.3 is 14.2 Å². The van der Waals surface area contributed by atoms with Gasteiger partial charge in [0.05, 0.1) is 18.2 Å². The molecule has 1 unspecified atom stereocenters. The number of carbonyl (C=O) groups is 2. The van der Waals surface area contributed by atoms with Gasteiger partial charge in [0.15, 0.2) is 0 Å². The highest BCUT2D eigenvalue weighted by Gasteiger charge is 2.31. The molecule has 20 heavy (non-hydrogen) atoms. The fourth-order valence-electron chi connectivity index (χ4n) is 2.56. The fourth-order valence-corrected chi connectivity index (χ4v) is 2.56. The minimum Gasteiger partial charge on any atom is -0.466 e. The summed E-state index contributed by atoms with van der Waals surface area (Å²) in [4.78, 5) is 26.0. The Morgan fingerprint density at radius 2 is 2.20 bits per heavy atom. The molecule has 2 heterocycles. The lowest BCUT2D eigenvalue weighted by atomic mass is 9.97. The molecule has 2 rings (SSSR count). The van der Waals surface area contributed by atoms with Crippen LogP contribution in [0.4, 0.5) is 0 Å². The van der Waals surface area contributed by atoms with Crippen LogP contribution in [-0.2, 0) is 9.53 Å². The van der Waals surface area contributed by atoms with E-state index in [-0.39, 0.29) is 17.8 Å². The molecule has 0 aliphatic carbocycles. The van der Waals surface area contributed by atoms with Gasteiger partial charge in [-0.25, -0.2) is 0 Å². The Morgan fingerprint density at radius 1 is 1.45 bits per heavy atom. The van der Waals surface area contributed by atoms with Crippen molar-refractivity contribution in [2.24, 2.45) is 5.92 Å². The number of hydrogen-bond donors (Lipinski definition) is 0. The Kier molecular flexibility index (Phi) is 4.42. The van der Waals surface area contributed by atoms with Crippen LogP contribution >= 0.6 is 0 Å². The molecular formula is C14H20N2O4. The molecule has 1 saturated heterocycles. The van der Waals surface area contributed by atoms with Gasteiger partial charge in [0, 0.05) is 13.1 Å². The van der Waals surface area contributed by atoms with Gasteiger partial charge in [0.25, 0.3) is 5.91 Å². The number of rotatable bonds is 3. The summed E-state index contributed by atoms with van der Waals surface area (Å²) in [6, 6.07) is 0. The summed E-state index contributed by atoms with van der Waals surface area (Å²) in [6.07, 6.45) is 1.57. The second kappa shape index (κ2) is 6.07. The number of amides is 1. The van der Waals surface area contributed by atoms with Crippen LogP contribution in [0.15, 0.2) is 4.52 Å². The maximum Gasteiger partial charge on any atom is 0.310 e. The Bertz CT molecular complexity index is 490. The zero-order valence-electron chi connectivity index (χ0n) is 12.1. The van der Waals surface area contributed by atoms with Crippen LogP contribution in [0.3, 0.4) is 0 Å². The van der Waals surface area contributed by atoms with Crippen LogP contribution in [0.25, 0.3) is 0 Å². The van der Waals surface area contributed by atoms with Gasteiger partial charge in [0.2, 0.25) is 0 Å². The van der Waals surface area contributed by atoms with Crippen molar-refractivity contribution in [3.63, 3.8) is 0 Å². The smallest absolute Gasteiger partial charge is 0.310 e. The van der Waals surface area contributed by atoms with E-state index in [0.717, 1.165) is 12.8 Å². The summed E-state index contributed by atoms with van der Waals surface area (Å²) in [6.45, 7) is 6.68. The molecule has 1 atom stereocenters. The third kappa shape index (κ3) is 2.84. The van der Waals surface area contributed by atoms with Crippen LogP contribution in [0.5, 0.6) is 0 Å². The number of piperidine rings is 1. The first kappa shape index (κ1) is 14.6. The maximum atomic E-state index is 12.5. The molecule has 6 heteroatoms. The monoisotopic (exact) mass is 280 g/mol. The highest BCUT2D eigenvalue weighted by atomic mass is 16.5. The number of carbonyl (C=O) groups excluding carboxylic acids is 2. The Labute approximate surface area is 118 Å². The zero-order chi connectivity index (χ0) is 14.7. The Balaban J connectivity index is 2.09. The summed E-state index contributed by atoms with van der Waals surface area (Å²) in [5.41, 5.74) is 1.10. The number of ether oxygens (including phenoxy) is 1. The molecule has 0 radical (unpaired) electrons. The van der Waals surface area contributed by atoms with E-state index in [0.29, 0.717) is 36.7 Å². The molecule has 0 bridgehead atoms. The van der Waals surface area contributed by atoms with Crippen LogP contribution < -0.4 is 0 Å². The first-order valence-corrected chi connectivity index (χ1v) is 6.93. The second-order valence-corrected chi connectivity index (χ2v) is 5.04. The summed E-state index contributed by atoms with van der Waals surface area (Å²) in [5, 5.41) is 3.80. The summed E-state index contributed by atoms with van der Waals surface area (Å²) in [5.74, 6) is -0.0436. The molecule has 1 aromatic heterocycles. The van der Waals surface area contributed by atoms with E-state index in [9.17, 15) is 9.59 Å². The lowest BCUT2D eigenvalue weighted by molar-refractivity contribution is -0.149. The van der Waals surface area contributed by atoms with E-state index in [1.54, 1.807) is 25.7 Å². The highest BCUT2D eigenvalue weighted by Crippen LogP contribution is 2.22. The van der Waals surface area contributed by atoms with Crippen molar-refractivity contribution in [1.29, 1.82) is 0 Å². The molecule has 0 spiro atoms. The number of aryl methyl sites for hydroxylation is 2. The zero-order valence-corrected chi connectivity index (χ0v) is 12.1. The standard InChI is InChI=1S/C14H20N2O4/c1-4-19-14(18)11-6-5-7-16(8-11)13(17)12-9(2)15-20-10(12)3/h11H,4-8H2,1-3H3. The van der Waals surface area contributed by atoms with Gasteiger partial charge in [-0.2, -0.15) is 0 Å². The predicted octanol–water partition coefficient (Wildman–Crippen LogP) is 1.71. The average molecular weight is 280 g/mol. The van der Waals surface area contributed by atoms with Gasteiger partial charge >= 0.3 is 5.97 Å². The van der Waals surface area contributed by atoms with Crippen molar-refractivity contribution < 1.29 is 18.8 Å². The summed E-state index contributed by atoms with van der Waals surface area (Å²) < 4.78 is 10.1. The van der Waals surface area contributed by atoms with Crippen molar-refractivity contribution in [2.75, 3.05) is 19.7 Å². The van der Waals surface area contributed by atoms with Gasteiger partial charge in [-0.05, 0) is 33.6 Å². The van der Waals surface area contributed by atoms with E-state index in [1.807, 2.05) is 0 Å². The summed E-state index contributed by atoms with van der Waals surface area (Å²) in [7, 11) is 0. The molecule has 1 fully saturated rings. The Morgan fingerprint density at radius 3 is 2.80 bits per heavy atom. The van der Waals surface area contributed by atoms with Crippen LogP contribution in [0, 0.1) is 19.8 Å². The number of nitrogens with zero attached hydrogens (tertiary/aromatic N) is 2. The third-order valence-electron chi connectivity index (χ3n) is 3.58. The molecule has 110 valence electrons. The quantitative estimate of drug-likeness (QED) is 0.788. The van der Waals surface area contributed by atoms with Crippen LogP contribution in [0.1, 0.15) is 41.6 Å². The normalized spacial score (nSPS) is 18.9. The third-order valence-corrected chi connectivity index (χ3v) is 3.58. The van der Waals surface area contributed by atoms with Crippen LogP contribution in [-0.4, -0.2) is 41.6 Å². The van der Waals surface area contributed by atoms with Gasteiger partial charge in [-0.15, -0.1) is 0 Å². The second-order valence-electron chi connectivity index (χ2n) is 5.04. The molecule has 0 N–H and O–H groups in total. The fraction of sp³-hybridized carbons (Fsp3) is 0.643. The van der Waals surface area contributed by atoms with Crippen molar-refractivity contribution in [2.45, 2.75) is 33.6 Å². The first-order valence-electron chi connectivity index (χ1n) is 6.93. The van der Waals surface area contributed by atoms with E-state index < -0.39 is 0 Å². The SMILES string of the molecule is CCOC(=O)C1CCCN(C(=O)c2c(C)noc2C)C1. The molecule has 0 aromatic carbocycles. The van der Waals surface area contributed by atoms with E-state index >= 15 is 0 Å². The number of likely N-dealkylation sites (tertiary alicyclic amines) is 1. The van der Waals surface area contributed by atoms with E-state index in [2.05, 4.69) is 5.16 Å². The van der Waals surface area contributed by atoms with Crippen molar-refractivity contribution in [3.05, 3.63) is 17.0 Å². The predicted molar refractivity (Wildman–Crippen MR) is 71.2 cm³/mol. The molecular weight excluding hydrogens is 260 g/mol. The minimum atomic E-state index is -0.229. The molecule has 0 saturated carbocycles. The lowest BCUT2D eigenvalue weighted by Crippen LogP contribution is -2.43. The number of hydrogen-bond acceptors (Lipinski definition) is 5.